The van der Waals surface area contributed by atoms with Crippen LogP contribution in [0, 0.1) is 6.92 Å². The SMILES string of the molecule is Cc1ccc(Cc2c(C(=O)Nc3cccc4ccccc34)sc3ccccc23)cc1. The van der Waals surface area contributed by atoms with Crippen LogP contribution < -0.4 is 5.32 Å². The van der Waals surface area contributed by atoms with E-state index in [0.717, 1.165) is 43.4 Å². The minimum absolute atomic E-state index is 0.0466. The highest BCUT2D eigenvalue weighted by Crippen LogP contribution is 2.34. The predicted octanol–water partition coefficient (Wildman–Crippen LogP) is 7.21. The van der Waals surface area contributed by atoms with E-state index in [1.54, 1.807) is 11.3 Å². The third-order valence-corrected chi connectivity index (χ3v) is 6.66. The fourth-order valence-corrected chi connectivity index (χ4v) is 5.00. The molecule has 5 aromatic rings. The summed E-state index contributed by atoms with van der Waals surface area (Å²) >= 11 is 1.57. The Hall–Kier alpha value is -3.43. The summed E-state index contributed by atoms with van der Waals surface area (Å²) in [5.74, 6) is -0.0466. The van der Waals surface area contributed by atoms with Crippen LogP contribution in [0.5, 0.6) is 0 Å². The van der Waals surface area contributed by atoms with E-state index in [4.69, 9.17) is 0 Å². The molecule has 0 aliphatic carbocycles. The van der Waals surface area contributed by atoms with Gasteiger partial charge in [0.1, 0.15) is 0 Å². The van der Waals surface area contributed by atoms with Gasteiger partial charge in [-0.3, -0.25) is 4.79 Å². The van der Waals surface area contributed by atoms with Gasteiger partial charge in [-0.1, -0.05) is 84.4 Å². The number of nitrogens with one attached hydrogen (secondary N) is 1. The Bertz CT molecular complexity index is 1360. The largest absolute Gasteiger partial charge is 0.321 e. The Kier molecular flexibility index (Phi) is 4.82. The average molecular weight is 408 g/mol. The third-order valence-electron chi connectivity index (χ3n) is 5.44. The van der Waals surface area contributed by atoms with E-state index in [9.17, 15) is 4.79 Å². The number of carbonyl (C=O) groups is 1. The Morgan fingerprint density at radius 2 is 1.50 bits per heavy atom. The number of aryl methyl sites for hydroxylation is 1. The van der Waals surface area contributed by atoms with Crippen LogP contribution in [0.2, 0.25) is 0 Å². The molecule has 0 bridgehead atoms. The lowest BCUT2D eigenvalue weighted by atomic mass is 10.0. The van der Waals surface area contributed by atoms with Gasteiger partial charge in [-0.25, -0.2) is 0 Å². The van der Waals surface area contributed by atoms with Gasteiger partial charge in [-0.2, -0.15) is 0 Å². The first-order valence-corrected chi connectivity index (χ1v) is 10.9. The Balaban J connectivity index is 1.56. The first-order valence-electron chi connectivity index (χ1n) is 10.0. The maximum atomic E-state index is 13.4. The second-order valence-corrected chi connectivity index (χ2v) is 8.60. The van der Waals surface area contributed by atoms with Gasteiger partial charge in [-0.05, 0) is 47.4 Å². The van der Waals surface area contributed by atoms with Gasteiger partial charge >= 0.3 is 0 Å². The van der Waals surface area contributed by atoms with E-state index in [-0.39, 0.29) is 5.91 Å². The first-order chi connectivity index (χ1) is 14.7. The molecule has 0 radical (unpaired) electrons. The van der Waals surface area contributed by atoms with E-state index in [0.29, 0.717) is 0 Å². The summed E-state index contributed by atoms with van der Waals surface area (Å²) in [7, 11) is 0. The second-order valence-electron chi connectivity index (χ2n) is 7.55. The number of fused-ring (bicyclic) bond motifs is 2. The highest BCUT2D eigenvalue weighted by molar-refractivity contribution is 7.21. The fourth-order valence-electron chi connectivity index (χ4n) is 3.88. The number of thiophene rings is 1. The lowest BCUT2D eigenvalue weighted by Crippen LogP contribution is -2.12. The maximum absolute atomic E-state index is 13.4. The van der Waals surface area contributed by atoms with E-state index >= 15 is 0 Å². The zero-order valence-electron chi connectivity index (χ0n) is 16.7. The molecule has 146 valence electrons. The minimum atomic E-state index is -0.0466. The number of amides is 1. The van der Waals surface area contributed by atoms with Crippen LogP contribution >= 0.6 is 11.3 Å². The number of hydrogen-bond donors (Lipinski definition) is 1. The van der Waals surface area contributed by atoms with Crippen LogP contribution in [0.15, 0.2) is 91.0 Å². The van der Waals surface area contributed by atoms with Crippen molar-refractivity contribution < 1.29 is 4.79 Å². The molecule has 0 atom stereocenters. The zero-order chi connectivity index (χ0) is 20.5. The van der Waals surface area contributed by atoms with Crippen LogP contribution in [0.3, 0.4) is 0 Å². The van der Waals surface area contributed by atoms with E-state index in [1.165, 1.54) is 11.1 Å². The van der Waals surface area contributed by atoms with E-state index in [1.807, 2.05) is 42.5 Å². The maximum Gasteiger partial charge on any atom is 0.266 e. The Morgan fingerprint density at radius 3 is 2.33 bits per heavy atom. The zero-order valence-corrected chi connectivity index (χ0v) is 17.5. The molecule has 3 heteroatoms. The lowest BCUT2D eigenvalue weighted by Gasteiger charge is -2.10. The van der Waals surface area contributed by atoms with Crippen LogP contribution in [-0.4, -0.2) is 5.91 Å². The molecule has 2 nitrogen and oxygen atoms in total. The molecule has 0 spiro atoms. The third kappa shape index (κ3) is 3.49. The number of benzene rings is 4. The summed E-state index contributed by atoms with van der Waals surface area (Å²) < 4.78 is 1.14. The van der Waals surface area contributed by atoms with Crippen LogP contribution in [0.1, 0.15) is 26.4 Å². The number of rotatable bonds is 4. The molecule has 4 aromatic carbocycles. The van der Waals surface area contributed by atoms with Gasteiger partial charge in [0.25, 0.3) is 5.91 Å². The van der Waals surface area contributed by atoms with Gasteiger partial charge in [0.2, 0.25) is 0 Å². The first kappa shape index (κ1) is 18.6. The van der Waals surface area contributed by atoms with Gasteiger partial charge < -0.3 is 5.32 Å². The minimum Gasteiger partial charge on any atom is -0.321 e. The van der Waals surface area contributed by atoms with E-state index < -0.39 is 0 Å². The molecule has 5 rings (SSSR count). The molecular weight excluding hydrogens is 386 g/mol. The summed E-state index contributed by atoms with van der Waals surface area (Å²) in [6.45, 7) is 2.09. The lowest BCUT2D eigenvalue weighted by molar-refractivity contribution is 0.103. The van der Waals surface area contributed by atoms with Gasteiger partial charge in [-0.15, -0.1) is 11.3 Å². The smallest absolute Gasteiger partial charge is 0.266 e. The van der Waals surface area contributed by atoms with Crippen molar-refractivity contribution in [2.45, 2.75) is 13.3 Å². The van der Waals surface area contributed by atoms with Crippen LogP contribution in [-0.2, 0) is 6.42 Å². The summed E-state index contributed by atoms with van der Waals surface area (Å²) in [5.41, 5.74) is 4.39. The number of carbonyl (C=O) groups excluding carboxylic acids is 1. The molecule has 1 amide bonds. The normalized spacial score (nSPS) is 11.1. The van der Waals surface area contributed by atoms with E-state index in [2.05, 4.69) is 60.8 Å². The van der Waals surface area contributed by atoms with Crippen molar-refractivity contribution in [2.24, 2.45) is 0 Å². The molecule has 1 N–H and O–H groups in total. The molecule has 0 aliphatic rings. The summed E-state index contributed by atoms with van der Waals surface area (Å²) in [4.78, 5) is 14.2. The Morgan fingerprint density at radius 1 is 0.800 bits per heavy atom. The van der Waals surface area contributed by atoms with Crippen molar-refractivity contribution in [3.05, 3.63) is 113 Å². The van der Waals surface area contributed by atoms with Crippen molar-refractivity contribution in [1.29, 1.82) is 0 Å². The number of anilines is 1. The molecule has 1 aromatic heterocycles. The fraction of sp³-hybridized carbons (Fsp3) is 0.0741. The highest BCUT2D eigenvalue weighted by Gasteiger charge is 2.19. The summed E-state index contributed by atoms with van der Waals surface area (Å²) in [5, 5.41) is 6.50. The number of hydrogen-bond acceptors (Lipinski definition) is 2. The quantitative estimate of drug-likeness (QED) is 0.335. The molecule has 0 saturated carbocycles. The molecule has 0 aliphatic heterocycles. The second kappa shape index (κ2) is 7.77. The van der Waals surface area contributed by atoms with Crippen LogP contribution in [0.25, 0.3) is 20.9 Å². The molecule has 1 heterocycles. The van der Waals surface area contributed by atoms with Gasteiger partial charge in [0.15, 0.2) is 0 Å². The van der Waals surface area contributed by atoms with Gasteiger partial charge in [0, 0.05) is 15.8 Å². The summed E-state index contributed by atoms with van der Waals surface area (Å²) in [6, 6.07) is 31.0. The van der Waals surface area contributed by atoms with Crippen molar-refractivity contribution in [2.75, 3.05) is 5.32 Å². The van der Waals surface area contributed by atoms with Crippen LogP contribution in [0.4, 0.5) is 5.69 Å². The molecule has 30 heavy (non-hydrogen) atoms. The summed E-state index contributed by atoms with van der Waals surface area (Å²) in [6.07, 6.45) is 0.739. The van der Waals surface area contributed by atoms with Gasteiger partial charge in [0.05, 0.1) is 4.88 Å². The molecular formula is C27H21NOS. The highest BCUT2D eigenvalue weighted by atomic mass is 32.1. The standard InChI is InChI=1S/C27H21NOS/c1-18-13-15-19(16-14-18)17-23-22-10-4-5-12-25(22)30-26(23)27(29)28-24-11-6-8-20-7-2-3-9-21(20)24/h2-16H,17H2,1H3,(H,28,29). The van der Waals surface area contributed by atoms with Crippen molar-refractivity contribution in [1.82, 2.24) is 0 Å². The van der Waals surface area contributed by atoms with Crippen molar-refractivity contribution in [3.8, 4) is 0 Å². The van der Waals surface area contributed by atoms with Crippen molar-refractivity contribution in [3.63, 3.8) is 0 Å². The topological polar surface area (TPSA) is 29.1 Å². The molecule has 0 unspecified atom stereocenters. The molecule has 0 fully saturated rings. The average Bonchev–Trinajstić information content (AvgIpc) is 3.14. The predicted molar refractivity (Wildman–Crippen MR) is 128 cm³/mol. The molecule has 0 saturated heterocycles. The van der Waals surface area contributed by atoms with Crippen molar-refractivity contribution >= 4 is 43.8 Å². The monoisotopic (exact) mass is 407 g/mol. The Labute approximate surface area is 179 Å².